The maximum Gasteiger partial charge on any atom is 0.125 e. The summed E-state index contributed by atoms with van der Waals surface area (Å²) in [6.45, 7) is 0. The molecule has 0 aliphatic carbocycles. The Bertz CT molecular complexity index is 677. The number of hydrogen-bond acceptors (Lipinski definition) is 3. The van der Waals surface area contributed by atoms with Gasteiger partial charge in [0.2, 0.25) is 0 Å². The van der Waals surface area contributed by atoms with E-state index in [0.29, 0.717) is 4.99 Å². The van der Waals surface area contributed by atoms with Gasteiger partial charge in [-0.25, -0.2) is 4.99 Å². The monoisotopic (exact) mass is 282 g/mol. The van der Waals surface area contributed by atoms with E-state index in [9.17, 15) is 0 Å². The van der Waals surface area contributed by atoms with Crippen LogP contribution in [-0.2, 0) is 6.42 Å². The Kier molecular flexibility index (Phi) is 3.48. The molecule has 0 radical (unpaired) electrons. The molecule has 1 N–H and O–H groups in total. The quantitative estimate of drug-likeness (QED) is 0.870. The molecule has 0 bridgehead atoms. The van der Waals surface area contributed by atoms with Crippen molar-refractivity contribution in [2.45, 2.75) is 6.42 Å². The van der Waals surface area contributed by atoms with Gasteiger partial charge in [-0.2, -0.15) is 0 Å². The van der Waals surface area contributed by atoms with Gasteiger partial charge < -0.3 is 10.1 Å². The summed E-state index contributed by atoms with van der Waals surface area (Å²) < 4.78 is 5.13. The van der Waals surface area contributed by atoms with E-state index in [0.717, 1.165) is 29.3 Å². The fourth-order valence-electron chi connectivity index (χ4n) is 2.14. The Balaban J connectivity index is 1.72. The van der Waals surface area contributed by atoms with Gasteiger partial charge in [-0.05, 0) is 35.9 Å². The van der Waals surface area contributed by atoms with Crippen molar-refractivity contribution in [3.05, 3.63) is 54.1 Å². The SMILES string of the molecule is COc1ccc(NC(=S)C2=Nc3ccccc3C2)cc1. The minimum atomic E-state index is 0.673. The van der Waals surface area contributed by atoms with Crippen LogP contribution in [0.4, 0.5) is 11.4 Å². The maximum atomic E-state index is 5.43. The molecule has 2 aromatic rings. The summed E-state index contributed by atoms with van der Waals surface area (Å²) in [6.07, 6.45) is 0.790. The number of aliphatic imine (C=N–C) groups is 1. The molecular weight excluding hydrogens is 268 g/mol. The molecule has 0 saturated carbocycles. The van der Waals surface area contributed by atoms with E-state index in [-0.39, 0.29) is 0 Å². The van der Waals surface area contributed by atoms with Crippen molar-refractivity contribution < 1.29 is 4.74 Å². The van der Waals surface area contributed by atoms with E-state index < -0.39 is 0 Å². The average Bonchev–Trinajstić information content (AvgIpc) is 2.92. The molecule has 100 valence electrons. The van der Waals surface area contributed by atoms with Crippen LogP contribution in [0.15, 0.2) is 53.5 Å². The summed E-state index contributed by atoms with van der Waals surface area (Å²) in [6, 6.07) is 15.8. The molecule has 3 rings (SSSR count). The van der Waals surface area contributed by atoms with Crippen LogP contribution in [0.5, 0.6) is 5.75 Å². The maximum absolute atomic E-state index is 5.43. The highest BCUT2D eigenvalue weighted by Gasteiger charge is 2.17. The molecule has 0 amide bonds. The van der Waals surface area contributed by atoms with E-state index in [4.69, 9.17) is 17.0 Å². The van der Waals surface area contributed by atoms with E-state index in [1.165, 1.54) is 5.56 Å². The molecule has 0 saturated heterocycles. The molecule has 0 aromatic heterocycles. The predicted octanol–water partition coefficient (Wildman–Crippen LogP) is 3.76. The topological polar surface area (TPSA) is 33.6 Å². The largest absolute Gasteiger partial charge is 0.497 e. The third-order valence-corrected chi connectivity index (χ3v) is 3.55. The molecule has 0 spiro atoms. The fraction of sp³-hybridized carbons (Fsp3) is 0.125. The molecule has 20 heavy (non-hydrogen) atoms. The summed E-state index contributed by atoms with van der Waals surface area (Å²) in [7, 11) is 1.65. The van der Waals surface area contributed by atoms with Crippen molar-refractivity contribution in [3.63, 3.8) is 0 Å². The van der Waals surface area contributed by atoms with Gasteiger partial charge in [0.05, 0.1) is 18.5 Å². The smallest absolute Gasteiger partial charge is 0.125 e. The highest BCUT2D eigenvalue weighted by molar-refractivity contribution is 7.82. The molecule has 0 unspecified atom stereocenters. The van der Waals surface area contributed by atoms with Gasteiger partial charge in [0.25, 0.3) is 0 Å². The number of nitrogens with one attached hydrogen (secondary N) is 1. The van der Waals surface area contributed by atoms with Gasteiger partial charge in [0.15, 0.2) is 0 Å². The first-order valence-corrected chi connectivity index (χ1v) is 6.78. The van der Waals surface area contributed by atoms with Gasteiger partial charge in [-0.3, -0.25) is 0 Å². The summed E-state index contributed by atoms with van der Waals surface area (Å²) in [4.78, 5) is 5.24. The molecule has 2 aromatic carbocycles. The van der Waals surface area contributed by atoms with E-state index in [2.05, 4.69) is 16.4 Å². The van der Waals surface area contributed by atoms with Gasteiger partial charge >= 0.3 is 0 Å². The zero-order chi connectivity index (χ0) is 13.9. The molecule has 0 fully saturated rings. The van der Waals surface area contributed by atoms with Crippen LogP contribution in [0.1, 0.15) is 5.56 Å². The molecule has 1 aliphatic heterocycles. The zero-order valence-corrected chi connectivity index (χ0v) is 11.9. The summed E-state index contributed by atoms with van der Waals surface area (Å²) in [5, 5.41) is 3.22. The molecule has 0 atom stereocenters. The fourth-order valence-corrected chi connectivity index (χ4v) is 2.38. The summed E-state index contributed by atoms with van der Waals surface area (Å²) in [5.74, 6) is 0.826. The number of fused-ring (bicyclic) bond motifs is 1. The van der Waals surface area contributed by atoms with Crippen LogP contribution in [0.25, 0.3) is 0 Å². The predicted molar refractivity (Wildman–Crippen MR) is 86.5 cm³/mol. The van der Waals surface area contributed by atoms with Crippen molar-refractivity contribution in [1.82, 2.24) is 0 Å². The highest BCUT2D eigenvalue weighted by Crippen LogP contribution is 2.26. The Morgan fingerprint density at radius 1 is 1.15 bits per heavy atom. The van der Waals surface area contributed by atoms with Gasteiger partial charge in [0.1, 0.15) is 10.7 Å². The Morgan fingerprint density at radius 3 is 2.60 bits per heavy atom. The Labute approximate surface area is 123 Å². The molecule has 1 heterocycles. The van der Waals surface area contributed by atoms with E-state index in [1.54, 1.807) is 7.11 Å². The van der Waals surface area contributed by atoms with Crippen molar-refractivity contribution in [2.75, 3.05) is 12.4 Å². The Morgan fingerprint density at radius 2 is 1.90 bits per heavy atom. The minimum absolute atomic E-state index is 0.673. The standard InChI is InChI=1S/C16H14N2OS/c1-19-13-8-6-12(7-9-13)17-16(20)15-10-11-4-2-3-5-14(11)18-15/h2-9H,10H2,1H3,(H,17,20). The number of anilines is 1. The second kappa shape index (κ2) is 5.43. The van der Waals surface area contributed by atoms with Crippen LogP contribution < -0.4 is 10.1 Å². The first kappa shape index (κ1) is 12.8. The van der Waals surface area contributed by atoms with Gasteiger partial charge in [-0.15, -0.1) is 0 Å². The molecular formula is C16H14N2OS. The number of nitrogens with zero attached hydrogens (tertiary/aromatic N) is 1. The van der Waals surface area contributed by atoms with Gasteiger partial charge in [0, 0.05) is 12.1 Å². The normalized spacial score (nSPS) is 12.6. The van der Waals surface area contributed by atoms with E-state index >= 15 is 0 Å². The molecule has 3 nitrogen and oxygen atoms in total. The second-order valence-corrected chi connectivity index (χ2v) is 4.95. The van der Waals surface area contributed by atoms with Crippen LogP contribution in [0.2, 0.25) is 0 Å². The highest BCUT2D eigenvalue weighted by atomic mass is 32.1. The lowest BCUT2D eigenvalue weighted by Gasteiger charge is -2.08. The number of rotatable bonds is 3. The molecule has 4 heteroatoms. The van der Waals surface area contributed by atoms with Crippen molar-refractivity contribution in [2.24, 2.45) is 4.99 Å². The van der Waals surface area contributed by atoms with E-state index in [1.807, 2.05) is 42.5 Å². The number of ether oxygens (including phenoxy) is 1. The first-order chi connectivity index (χ1) is 9.76. The van der Waals surface area contributed by atoms with Gasteiger partial charge in [-0.1, -0.05) is 30.4 Å². The lowest BCUT2D eigenvalue weighted by molar-refractivity contribution is 0.415. The number of thiocarbonyl (C=S) groups is 1. The average molecular weight is 282 g/mol. The zero-order valence-electron chi connectivity index (χ0n) is 11.1. The summed E-state index contributed by atoms with van der Waals surface area (Å²) >= 11 is 5.43. The van der Waals surface area contributed by atoms with Crippen molar-refractivity contribution in [1.29, 1.82) is 0 Å². The van der Waals surface area contributed by atoms with Crippen LogP contribution in [0, 0.1) is 0 Å². The van der Waals surface area contributed by atoms with Crippen molar-refractivity contribution >= 4 is 34.3 Å². The lowest BCUT2D eigenvalue weighted by Crippen LogP contribution is -2.20. The second-order valence-electron chi connectivity index (χ2n) is 4.55. The third-order valence-electron chi connectivity index (χ3n) is 3.21. The van der Waals surface area contributed by atoms with Crippen LogP contribution in [0.3, 0.4) is 0 Å². The molecule has 1 aliphatic rings. The number of benzene rings is 2. The first-order valence-electron chi connectivity index (χ1n) is 6.37. The summed E-state index contributed by atoms with van der Waals surface area (Å²) in [5.41, 5.74) is 4.09. The number of methoxy groups -OCH3 is 1. The third kappa shape index (κ3) is 2.56. The van der Waals surface area contributed by atoms with Crippen molar-refractivity contribution in [3.8, 4) is 5.75 Å². The lowest BCUT2D eigenvalue weighted by atomic mass is 10.1. The minimum Gasteiger partial charge on any atom is -0.497 e. The number of hydrogen-bond donors (Lipinski definition) is 1. The Hall–Kier alpha value is -2.20. The van der Waals surface area contributed by atoms with Crippen LogP contribution >= 0.6 is 12.2 Å². The number of para-hydroxylation sites is 1. The van der Waals surface area contributed by atoms with Crippen LogP contribution in [-0.4, -0.2) is 17.8 Å².